The summed E-state index contributed by atoms with van der Waals surface area (Å²) in [4.78, 5) is 9.77. The predicted molar refractivity (Wildman–Crippen MR) is 131 cm³/mol. The summed E-state index contributed by atoms with van der Waals surface area (Å²) in [6, 6.07) is 16.6. The Morgan fingerprint density at radius 1 is 1.00 bits per heavy atom. The third kappa shape index (κ3) is 4.56. The van der Waals surface area contributed by atoms with Gasteiger partial charge in [0.25, 0.3) is 0 Å². The van der Waals surface area contributed by atoms with Gasteiger partial charge in [-0.3, -0.25) is 4.90 Å². The number of tetrazole rings is 1. The molecular weight excluding hydrogens is 434 g/mol. The maximum Gasteiger partial charge on any atom is 0.186 e. The second kappa shape index (κ2) is 9.44. The van der Waals surface area contributed by atoms with Gasteiger partial charge in [0.15, 0.2) is 11.0 Å². The molecule has 0 radical (unpaired) electrons. The van der Waals surface area contributed by atoms with Crippen molar-refractivity contribution in [3.8, 4) is 5.75 Å². The van der Waals surface area contributed by atoms with Gasteiger partial charge in [0, 0.05) is 26.2 Å². The number of para-hydroxylation sites is 1. The van der Waals surface area contributed by atoms with E-state index in [4.69, 9.17) is 9.72 Å². The van der Waals surface area contributed by atoms with Crippen molar-refractivity contribution in [2.75, 3.05) is 38.2 Å². The predicted octanol–water partition coefficient (Wildman–Crippen LogP) is 3.86. The van der Waals surface area contributed by atoms with Crippen LogP contribution in [0, 0.1) is 5.92 Å². The zero-order valence-electron chi connectivity index (χ0n) is 19.3. The fourth-order valence-electron chi connectivity index (χ4n) is 4.51. The summed E-state index contributed by atoms with van der Waals surface area (Å²) in [5.41, 5.74) is 2.23. The molecule has 0 aliphatic carbocycles. The van der Waals surface area contributed by atoms with Gasteiger partial charge in [-0.2, -0.15) is 0 Å². The molecule has 4 aromatic rings. The number of hydrogen-bond donors (Lipinski definition) is 0. The van der Waals surface area contributed by atoms with E-state index in [1.165, 1.54) is 4.70 Å². The lowest BCUT2D eigenvalue weighted by atomic mass is 10.0. The molecule has 3 heterocycles. The monoisotopic (exact) mass is 463 g/mol. The van der Waals surface area contributed by atoms with Crippen molar-refractivity contribution in [2.45, 2.75) is 26.4 Å². The van der Waals surface area contributed by atoms with Gasteiger partial charge in [-0.25, -0.2) is 9.67 Å². The Kier molecular flexibility index (Phi) is 6.24. The van der Waals surface area contributed by atoms with Crippen molar-refractivity contribution in [3.05, 3.63) is 59.9 Å². The Bertz CT molecular complexity index is 1160. The van der Waals surface area contributed by atoms with Crippen LogP contribution in [0.5, 0.6) is 5.75 Å². The van der Waals surface area contributed by atoms with E-state index in [1.807, 2.05) is 22.9 Å². The van der Waals surface area contributed by atoms with Crippen LogP contribution in [-0.4, -0.2) is 63.4 Å². The maximum absolute atomic E-state index is 5.27. The molecule has 0 N–H and O–H groups in total. The molecule has 33 heavy (non-hydrogen) atoms. The van der Waals surface area contributed by atoms with Gasteiger partial charge in [-0.1, -0.05) is 49.4 Å². The molecule has 1 aliphatic heterocycles. The fourth-order valence-corrected chi connectivity index (χ4v) is 5.53. The SMILES string of the molecule is COc1ccc(Cn2nnnc2C(C(C)C)N2CCN(c3nc4ccccc4s3)CC2)cc1. The first-order valence-corrected chi connectivity index (χ1v) is 12.2. The minimum atomic E-state index is 0.163. The first-order valence-electron chi connectivity index (χ1n) is 11.4. The number of ether oxygens (including phenoxy) is 1. The summed E-state index contributed by atoms with van der Waals surface area (Å²) in [5, 5.41) is 13.9. The molecule has 1 atom stereocenters. The number of aromatic nitrogens is 5. The summed E-state index contributed by atoms with van der Waals surface area (Å²) in [7, 11) is 1.68. The van der Waals surface area contributed by atoms with Gasteiger partial charge in [0.05, 0.1) is 29.9 Å². The van der Waals surface area contributed by atoms with Crippen LogP contribution >= 0.6 is 11.3 Å². The number of fused-ring (bicyclic) bond motifs is 1. The van der Waals surface area contributed by atoms with Crippen LogP contribution in [-0.2, 0) is 6.54 Å². The number of nitrogens with zero attached hydrogens (tertiary/aromatic N) is 7. The Morgan fingerprint density at radius 3 is 2.45 bits per heavy atom. The number of rotatable bonds is 7. The highest BCUT2D eigenvalue weighted by Crippen LogP contribution is 2.32. The standard InChI is InChI=1S/C24H29N7OS/c1-17(2)22(23-26-27-28-31(23)16-18-8-10-19(32-3)11-9-18)29-12-14-30(15-13-29)24-25-20-6-4-5-7-21(20)33-24/h4-11,17,22H,12-16H2,1-3H3. The largest absolute Gasteiger partial charge is 0.497 e. The quantitative estimate of drug-likeness (QED) is 0.412. The lowest BCUT2D eigenvalue weighted by Gasteiger charge is -2.40. The summed E-state index contributed by atoms with van der Waals surface area (Å²) in [6.07, 6.45) is 0. The van der Waals surface area contributed by atoms with Gasteiger partial charge in [0.2, 0.25) is 0 Å². The van der Waals surface area contributed by atoms with E-state index in [1.54, 1.807) is 18.4 Å². The fraction of sp³-hybridized carbons (Fsp3) is 0.417. The molecule has 0 saturated carbocycles. The van der Waals surface area contributed by atoms with Crippen LogP contribution in [0.1, 0.15) is 31.3 Å². The van der Waals surface area contributed by atoms with E-state index in [0.29, 0.717) is 12.5 Å². The van der Waals surface area contributed by atoms with Crippen molar-refractivity contribution in [2.24, 2.45) is 5.92 Å². The van der Waals surface area contributed by atoms with Crippen LogP contribution in [0.2, 0.25) is 0 Å². The van der Waals surface area contributed by atoms with Gasteiger partial charge in [-0.15, -0.1) is 5.10 Å². The number of anilines is 1. The maximum atomic E-state index is 5.27. The van der Waals surface area contributed by atoms with E-state index in [2.05, 4.69) is 69.5 Å². The topological polar surface area (TPSA) is 72.2 Å². The highest BCUT2D eigenvalue weighted by Gasteiger charge is 2.32. The average Bonchev–Trinajstić information content (AvgIpc) is 3.47. The molecule has 0 amide bonds. The first kappa shape index (κ1) is 21.8. The molecule has 5 rings (SSSR count). The smallest absolute Gasteiger partial charge is 0.186 e. The zero-order valence-corrected chi connectivity index (χ0v) is 20.1. The lowest BCUT2D eigenvalue weighted by Crippen LogP contribution is -2.49. The normalized spacial score (nSPS) is 15.9. The molecular formula is C24H29N7OS. The molecule has 1 unspecified atom stereocenters. The van der Waals surface area contributed by atoms with Crippen molar-refractivity contribution in [3.63, 3.8) is 0 Å². The molecule has 8 nitrogen and oxygen atoms in total. The second-order valence-electron chi connectivity index (χ2n) is 8.72. The summed E-state index contributed by atoms with van der Waals surface area (Å²) in [6.45, 7) is 8.93. The first-order chi connectivity index (χ1) is 16.1. The van der Waals surface area contributed by atoms with E-state index >= 15 is 0 Å². The van der Waals surface area contributed by atoms with E-state index in [9.17, 15) is 0 Å². The summed E-state index contributed by atoms with van der Waals surface area (Å²) < 4.78 is 8.45. The Hall–Kier alpha value is -3.04. The number of benzene rings is 2. The molecule has 0 spiro atoms. The highest BCUT2D eigenvalue weighted by atomic mass is 32.1. The molecule has 1 aliphatic rings. The van der Waals surface area contributed by atoms with Crippen LogP contribution in [0.15, 0.2) is 48.5 Å². The third-order valence-electron chi connectivity index (χ3n) is 6.21. The van der Waals surface area contributed by atoms with Crippen LogP contribution < -0.4 is 9.64 Å². The minimum absolute atomic E-state index is 0.163. The molecule has 9 heteroatoms. The molecule has 2 aromatic carbocycles. The number of piperazine rings is 1. The van der Waals surface area contributed by atoms with Crippen LogP contribution in [0.25, 0.3) is 10.2 Å². The van der Waals surface area contributed by atoms with Crippen molar-refractivity contribution >= 4 is 26.7 Å². The lowest BCUT2D eigenvalue weighted by molar-refractivity contribution is 0.135. The molecule has 2 aromatic heterocycles. The molecule has 1 fully saturated rings. The molecule has 0 bridgehead atoms. The van der Waals surface area contributed by atoms with Crippen LogP contribution in [0.3, 0.4) is 0 Å². The minimum Gasteiger partial charge on any atom is -0.497 e. The summed E-state index contributed by atoms with van der Waals surface area (Å²) in [5.74, 6) is 2.16. The van der Waals surface area contributed by atoms with Crippen molar-refractivity contribution < 1.29 is 4.74 Å². The molecule has 172 valence electrons. The van der Waals surface area contributed by atoms with Gasteiger partial charge >= 0.3 is 0 Å². The summed E-state index contributed by atoms with van der Waals surface area (Å²) >= 11 is 1.77. The number of methoxy groups -OCH3 is 1. The van der Waals surface area contributed by atoms with Crippen LogP contribution in [0.4, 0.5) is 5.13 Å². The third-order valence-corrected chi connectivity index (χ3v) is 7.30. The second-order valence-corrected chi connectivity index (χ2v) is 9.73. The Balaban J connectivity index is 1.30. The van der Waals surface area contributed by atoms with Gasteiger partial charge in [-0.05, 0) is 46.2 Å². The number of hydrogen-bond acceptors (Lipinski definition) is 8. The highest BCUT2D eigenvalue weighted by molar-refractivity contribution is 7.22. The number of thiazole rings is 1. The average molecular weight is 464 g/mol. The Labute approximate surface area is 197 Å². The van der Waals surface area contributed by atoms with E-state index in [-0.39, 0.29) is 6.04 Å². The van der Waals surface area contributed by atoms with Crippen molar-refractivity contribution in [1.82, 2.24) is 30.1 Å². The van der Waals surface area contributed by atoms with Gasteiger partial charge in [0.1, 0.15) is 5.75 Å². The zero-order chi connectivity index (χ0) is 22.8. The van der Waals surface area contributed by atoms with E-state index < -0.39 is 0 Å². The molecule has 1 saturated heterocycles. The Morgan fingerprint density at radius 2 is 1.76 bits per heavy atom. The van der Waals surface area contributed by atoms with E-state index in [0.717, 1.165) is 54.0 Å². The van der Waals surface area contributed by atoms with Crippen molar-refractivity contribution in [1.29, 1.82) is 0 Å². The van der Waals surface area contributed by atoms with Gasteiger partial charge < -0.3 is 9.64 Å².